The maximum absolute atomic E-state index is 14.1. The van der Waals surface area contributed by atoms with Gasteiger partial charge in [-0.1, -0.05) is 18.2 Å². The predicted molar refractivity (Wildman–Crippen MR) is 99.6 cm³/mol. The maximum atomic E-state index is 14.1. The summed E-state index contributed by atoms with van der Waals surface area (Å²) in [6.07, 6.45) is 0.204. The van der Waals surface area contributed by atoms with Gasteiger partial charge < -0.3 is 14.6 Å². The molecule has 1 N–H and O–H groups in total. The number of aryl methyl sites for hydroxylation is 1. The van der Waals surface area contributed by atoms with E-state index in [-0.39, 0.29) is 31.0 Å². The van der Waals surface area contributed by atoms with Gasteiger partial charge in [-0.05, 0) is 66.1 Å². The van der Waals surface area contributed by atoms with Crippen LogP contribution in [0.3, 0.4) is 0 Å². The minimum atomic E-state index is -0.927. The van der Waals surface area contributed by atoms with E-state index < -0.39 is 11.8 Å². The summed E-state index contributed by atoms with van der Waals surface area (Å²) in [7, 11) is 0. The molecule has 0 radical (unpaired) electrons. The first kappa shape index (κ1) is 19.4. The molecular weight excluding hydrogens is 366 g/mol. The lowest BCUT2D eigenvalue weighted by atomic mass is 10.1. The second-order valence-corrected chi connectivity index (χ2v) is 6.15. The second-order valence-electron chi connectivity index (χ2n) is 6.15. The number of rotatable bonds is 8. The summed E-state index contributed by atoms with van der Waals surface area (Å²) >= 11 is 0. The fourth-order valence-corrected chi connectivity index (χ4v) is 2.57. The summed E-state index contributed by atoms with van der Waals surface area (Å²) in [6.45, 7) is 0.131. The third-order valence-electron chi connectivity index (χ3n) is 3.97. The Balaban J connectivity index is 1.61. The van der Waals surface area contributed by atoms with Crippen LogP contribution in [0.15, 0.2) is 66.7 Å². The number of halogens is 2. The van der Waals surface area contributed by atoms with E-state index in [0.717, 1.165) is 5.56 Å². The molecule has 0 atom stereocenters. The van der Waals surface area contributed by atoms with Crippen LogP contribution in [0.5, 0.6) is 17.2 Å². The van der Waals surface area contributed by atoms with Crippen LogP contribution in [-0.2, 0) is 17.8 Å². The lowest BCUT2D eigenvalue weighted by Crippen LogP contribution is -2.00. The molecule has 6 heteroatoms. The average Bonchev–Trinajstić information content (AvgIpc) is 2.68. The van der Waals surface area contributed by atoms with Crippen molar-refractivity contribution in [2.45, 2.75) is 19.4 Å². The normalized spacial score (nSPS) is 10.5. The molecule has 3 rings (SSSR count). The second kappa shape index (κ2) is 8.99. The van der Waals surface area contributed by atoms with Gasteiger partial charge in [0, 0.05) is 6.42 Å². The van der Waals surface area contributed by atoms with Crippen molar-refractivity contribution in [2.24, 2.45) is 0 Å². The highest BCUT2D eigenvalue weighted by Gasteiger charge is 2.07. The van der Waals surface area contributed by atoms with Gasteiger partial charge >= 0.3 is 5.97 Å². The highest BCUT2D eigenvalue weighted by Crippen LogP contribution is 2.24. The molecule has 0 aromatic heterocycles. The monoisotopic (exact) mass is 384 g/mol. The number of ether oxygens (including phenoxy) is 2. The first-order valence-electron chi connectivity index (χ1n) is 8.65. The van der Waals surface area contributed by atoms with Crippen LogP contribution in [0.2, 0.25) is 0 Å². The Kier molecular flexibility index (Phi) is 6.22. The maximum Gasteiger partial charge on any atom is 0.303 e. The molecule has 3 aromatic rings. The van der Waals surface area contributed by atoms with Crippen LogP contribution >= 0.6 is 0 Å². The zero-order valence-electron chi connectivity index (χ0n) is 14.9. The van der Waals surface area contributed by atoms with Crippen molar-refractivity contribution in [2.75, 3.05) is 0 Å². The number of aliphatic carboxylic acids is 1. The summed E-state index contributed by atoms with van der Waals surface area (Å²) in [6, 6.07) is 17.2. The minimum absolute atomic E-state index is 0.0551. The molecule has 0 spiro atoms. The molecule has 4 nitrogen and oxygen atoms in total. The highest BCUT2D eigenvalue weighted by molar-refractivity contribution is 5.67. The number of hydrogen-bond donors (Lipinski definition) is 1. The molecule has 28 heavy (non-hydrogen) atoms. The van der Waals surface area contributed by atoms with Crippen LogP contribution < -0.4 is 9.47 Å². The summed E-state index contributed by atoms with van der Waals surface area (Å²) < 4.78 is 38.3. The van der Waals surface area contributed by atoms with Gasteiger partial charge in [-0.15, -0.1) is 0 Å². The Morgan fingerprint density at radius 2 is 1.68 bits per heavy atom. The van der Waals surface area contributed by atoms with Gasteiger partial charge in [0.05, 0.1) is 0 Å². The van der Waals surface area contributed by atoms with E-state index in [9.17, 15) is 13.6 Å². The molecule has 0 amide bonds. The number of hydrogen-bond acceptors (Lipinski definition) is 3. The average molecular weight is 384 g/mol. The summed E-state index contributed by atoms with van der Waals surface area (Å²) in [5, 5.41) is 8.69. The zero-order valence-corrected chi connectivity index (χ0v) is 14.9. The van der Waals surface area contributed by atoms with Gasteiger partial charge in [0.1, 0.15) is 23.9 Å². The van der Waals surface area contributed by atoms with E-state index in [1.807, 2.05) is 6.07 Å². The van der Waals surface area contributed by atoms with Crippen LogP contribution in [0, 0.1) is 11.6 Å². The molecule has 3 aromatic carbocycles. The van der Waals surface area contributed by atoms with Crippen LogP contribution in [0.25, 0.3) is 0 Å². The van der Waals surface area contributed by atoms with Gasteiger partial charge in [0.15, 0.2) is 11.6 Å². The fraction of sp³-hybridized carbons (Fsp3) is 0.136. The van der Waals surface area contributed by atoms with Crippen molar-refractivity contribution >= 4 is 5.97 Å². The smallest absolute Gasteiger partial charge is 0.303 e. The standard InChI is InChI=1S/C22H18F2O4/c23-17-6-8-18(9-7-17)28-19-3-1-2-16(12-19)14-27-21-10-4-15(13-20(21)24)5-11-22(25)26/h1-4,6-10,12-13H,5,11,14H2,(H,25,26). The lowest BCUT2D eigenvalue weighted by molar-refractivity contribution is -0.136. The molecule has 0 heterocycles. The van der Waals surface area contributed by atoms with Crippen molar-refractivity contribution in [3.63, 3.8) is 0 Å². The molecule has 0 aliphatic rings. The SMILES string of the molecule is O=C(O)CCc1ccc(OCc2cccc(Oc3ccc(F)cc3)c2)c(F)c1. The molecule has 0 aliphatic heterocycles. The van der Waals surface area contributed by atoms with Gasteiger partial charge in [-0.25, -0.2) is 8.78 Å². The van der Waals surface area contributed by atoms with Gasteiger partial charge in [0.25, 0.3) is 0 Å². The van der Waals surface area contributed by atoms with Crippen molar-refractivity contribution in [1.82, 2.24) is 0 Å². The van der Waals surface area contributed by atoms with Gasteiger partial charge in [0.2, 0.25) is 0 Å². The zero-order chi connectivity index (χ0) is 19.9. The molecule has 0 bridgehead atoms. The van der Waals surface area contributed by atoms with Crippen molar-refractivity contribution in [3.05, 3.63) is 89.5 Å². The number of carboxylic acid groups (broad SMARTS) is 1. The Morgan fingerprint density at radius 3 is 2.39 bits per heavy atom. The largest absolute Gasteiger partial charge is 0.486 e. The summed E-state index contributed by atoms with van der Waals surface area (Å²) in [5.74, 6) is -0.667. The molecule has 0 aliphatic carbocycles. The predicted octanol–water partition coefficient (Wildman–Crippen LogP) is 5.35. The Morgan fingerprint density at radius 1 is 0.893 bits per heavy atom. The number of carbonyl (C=O) groups is 1. The number of benzene rings is 3. The summed E-state index contributed by atoms with van der Waals surface area (Å²) in [4.78, 5) is 10.6. The first-order chi connectivity index (χ1) is 13.5. The highest BCUT2D eigenvalue weighted by atomic mass is 19.1. The van der Waals surface area contributed by atoms with E-state index >= 15 is 0 Å². The van der Waals surface area contributed by atoms with E-state index in [1.54, 1.807) is 24.3 Å². The van der Waals surface area contributed by atoms with Crippen molar-refractivity contribution in [3.8, 4) is 17.2 Å². The molecule has 144 valence electrons. The van der Waals surface area contributed by atoms with Crippen molar-refractivity contribution < 1.29 is 28.2 Å². The minimum Gasteiger partial charge on any atom is -0.486 e. The van der Waals surface area contributed by atoms with Crippen LogP contribution in [-0.4, -0.2) is 11.1 Å². The van der Waals surface area contributed by atoms with E-state index in [4.69, 9.17) is 14.6 Å². The summed E-state index contributed by atoms with van der Waals surface area (Å²) in [5.41, 5.74) is 1.37. The van der Waals surface area contributed by atoms with E-state index in [0.29, 0.717) is 17.1 Å². The van der Waals surface area contributed by atoms with E-state index in [2.05, 4.69) is 0 Å². The third kappa shape index (κ3) is 5.54. The Bertz CT molecular complexity index is 955. The van der Waals surface area contributed by atoms with Crippen LogP contribution in [0.1, 0.15) is 17.5 Å². The molecule has 0 unspecified atom stereocenters. The number of carboxylic acids is 1. The first-order valence-corrected chi connectivity index (χ1v) is 8.65. The Hall–Kier alpha value is -3.41. The lowest BCUT2D eigenvalue weighted by Gasteiger charge is -2.10. The van der Waals surface area contributed by atoms with Gasteiger partial charge in [-0.2, -0.15) is 0 Å². The third-order valence-corrected chi connectivity index (χ3v) is 3.97. The van der Waals surface area contributed by atoms with E-state index in [1.165, 1.54) is 36.4 Å². The fourth-order valence-electron chi connectivity index (χ4n) is 2.57. The quantitative estimate of drug-likeness (QED) is 0.569. The van der Waals surface area contributed by atoms with Gasteiger partial charge in [-0.3, -0.25) is 4.79 Å². The topological polar surface area (TPSA) is 55.8 Å². The molecular formula is C22H18F2O4. The Labute approximate surface area is 161 Å². The van der Waals surface area contributed by atoms with Crippen LogP contribution in [0.4, 0.5) is 8.78 Å². The molecule has 0 fully saturated rings. The molecule has 0 saturated carbocycles. The van der Waals surface area contributed by atoms with Crippen molar-refractivity contribution in [1.29, 1.82) is 0 Å². The molecule has 0 saturated heterocycles.